The van der Waals surface area contributed by atoms with Gasteiger partial charge in [-0.25, -0.2) is 0 Å². The summed E-state index contributed by atoms with van der Waals surface area (Å²) in [5.74, 6) is 0. The van der Waals surface area contributed by atoms with E-state index in [1.54, 1.807) is 0 Å². The van der Waals surface area contributed by atoms with Crippen molar-refractivity contribution in [3.63, 3.8) is 0 Å². The highest BCUT2D eigenvalue weighted by atomic mass is 32.1. The first-order chi connectivity index (χ1) is 8.35. The lowest BCUT2D eigenvalue weighted by Gasteiger charge is -2.04. The zero-order chi connectivity index (χ0) is 12.1. The van der Waals surface area contributed by atoms with E-state index in [0.717, 1.165) is 19.5 Å². The van der Waals surface area contributed by atoms with Gasteiger partial charge in [-0.15, -0.1) is 11.3 Å². The van der Waals surface area contributed by atoms with Gasteiger partial charge in [-0.05, 0) is 36.2 Å². The molecule has 0 aliphatic heterocycles. The Hall–Kier alpha value is -1.12. The highest BCUT2D eigenvalue weighted by Gasteiger charge is 2.05. The SMILES string of the molecule is CCNCc1ccc(-c2ccccc2CC)s1. The Morgan fingerprint density at radius 3 is 2.65 bits per heavy atom. The second-order valence-electron chi connectivity index (χ2n) is 4.06. The molecule has 0 spiro atoms. The van der Waals surface area contributed by atoms with E-state index in [0.29, 0.717) is 0 Å². The molecule has 0 saturated heterocycles. The van der Waals surface area contributed by atoms with Gasteiger partial charge in [0.2, 0.25) is 0 Å². The van der Waals surface area contributed by atoms with E-state index < -0.39 is 0 Å². The number of hydrogen-bond donors (Lipinski definition) is 1. The van der Waals surface area contributed by atoms with Crippen LogP contribution >= 0.6 is 11.3 Å². The zero-order valence-electron chi connectivity index (χ0n) is 10.5. The Labute approximate surface area is 108 Å². The largest absolute Gasteiger partial charge is 0.312 e. The highest BCUT2D eigenvalue weighted by molar-refractivity contribution is 7.15. The van der Waals surface area contributed by atoms with E-state index in [1.807, 2.05) is 11.3 Å². The van der Waals surface area contributed by atoms with Crippen LogP contribution < -0.4 is 5.32 Å². The van der Waals surface area contributed by atoms with Crippen molar-refractivity contribution in [1.82, 2.24) is 5.32 Å². The van der Waals surface area contributed by atoms with Crippen LogP contribution in [0.1, 0.15) is 24.3 Å². The van der Waals surface area contributed by atoms with Crippen molar-refractivity contribution in [2.24, 2.45) is 0 Å². The molecule has 0 unspecified atom stereocenters. The van der Waals surface area contributed by atoms with E-state index in [2.05, 4.69) is 55.6 Å². The van der Waals surface area contributed by atoms with Crippen LogP contribution in [-0.2, 0) is 13.0 Å². The summed E-state index contributed by atoms with van der Waals surface area (Å²) in [5, 5.41) is 3.37. The Morgan fingerprint density at radius 1 is 1.06 bits per heavy atom. The van der Waals surface area contributed by atoms with Crippen LogP contribution in [0.4, 0.5) is 0 Å². The van der Waals surface area contributed by atoms with Crippen molar-refractivity contribution in [3.05, 3.63) is 46.8 Å². The molecule has 0 bridgehead atoms. The molecule has 0 fully saturated rings. The number of aryl methyl sites for hydroxylation is 1. The van der Waals surface area contributed by atoms with Crippen molar-refractivity contribution in [1.29, 1.82) is 0 Å². The van der Waals surface area contributed by atoms with Gasteiger partial charge in [0.15, 0.2) is 0 Å². The quantitative estimate of drug-likeness (QED) is 0.836. The van der Waals surface area contributed by atoms with E-state index >= 15 is 0 Å². The monoisotopic (exact) mass is 245 g/mol. The molecule has 0 aliphatic rings. The zero-order valence-corrected chi connectivity index (χ0v) is 11.3. The van der Waals surface area contributed by atoms with Gasteiger partial charge in [0.05, 0.1) is 0 Å². The van der Waals surface area contributed by atoms with Crippen LogP contribution in [0.3, 0.4) is 0 Å². The minimum Gasteiger partial charge on any atom is -0.312 e. The molecule has 0 amide bonds. The maximum absolute atomic E-state index is 3.37. The third kappa shape index (κ3) is 2.96. The normalized spacial score (nSPS) is 10.7. The summed E-state index contributed by atoms with van der Waals surface area (Å²) in [4.78, 5) is 2.79. The lowest BCUT2D eigenvalue weighted by molar-refractivity contribution is 0.735. The van der Waals surface area contributed by atoms with Gasteiger partial charge in [-0.3, -0.25) is 0 Å². The lowest BCUT2D eigenvalue weighted by Crippen LogP contribution is -2.10. The van der Waals surface area contributed by atoms with E-state index in [9.17, 15) is 0 Å². The third-order valence-electron chi connectivity index (χ3n) is 2.87. The molecule has 1 aromatic heterocycles. The molecule has 90 valence electrons. The molecule has 2 heteroatoms. The molecule has 1 nitrogen and oxygen atoms in total. The number of benzene rings is 1. The van der Waals surface area contributed by atoms with Gasteiger partial charge in [0.25, 0.3) is 0 Å². The number of rotatable bonds is 5. The van der Waals surface area contributed by atoms with Crippen molar-refractivity contribution in [3.8, 4) is 10.4 Å². The summed E-state index contributed by atoms with van der Waals surface area (Å²) in [6.45, 7) is 6.36. The first-order valence-corrected chi connectivity index (χ1v) is 7.04. The van der Waals surface area contributed by atoms with Crippen molar-refractivity contribution in [2.75, 3.05) is 6.54 Å². The van der Waals surface area contributed by atoms with Crippen molar-refractivity contribution < 1.29 is 0 Å². The highest BCUT2D eigenvalue weighted by Crippen LogP contribution is 2.30. The summed E-state index contributed by atoms with van der Waals surface area (Å²) in [5.41, 5.74) is 2.83. The fourth-order valence-electron chi connectivity index (χ4n) is 1.93. The Morgan fingerprint density at radius 2 is 1.88 bits per heavy atom. The molecule has 0 atom stereocenters. The average molecular weight is 245 g/mol. The summed E-state index contributed by atoms with van der Waals surface area (Å²) in [6, 6.07) is 13.2. The second kappa shape index (κ2) is 5.99. The summed E-state index contributed by atoms with van der Waals surface area (Å²) >= 11 is 1.89. The minimum atomic E-state index is 0.982. The maximum Gasteiger partial charge on any atom is 0.0348 e. The maximum atomic E-state index is 3.37. The van der Waals surface area contributed by atoms with Gasteiger partial charge < -0.3 is 5.32 Å². The summed E-state index contributed by atoms with van der Waals surface area (Å²) in [6.07, 6.45) is 1.09. The Balaban J connectivity index is 2.24. The van der Waals surface area contributed by atoms with Gasteiger partial charge in [0, 0.05) is 16.3 Å². The Kier molecular flexibility index (Phi) is 4.35. The van der Waals surface area contributed by atoms with E-state index in [4.69, 9.17) is 0 Å². The summed E-state index contributed by atoms with van der Waals surface area (Å²) in [7, 11) is 0. The van der Waals surface area contributed by atoms with Gasteiger partial charge >= 0.3 is 0 Å². The molecular formula is C15H19NS. The molecule has 2 aromatic rings. The minimum absolute atomic E-state index is 0.982. The van der Waals surface area contributed by atoms with Crippen LogP contribution in [0.5, 0.6) is 0 Å². The molecule has 1 N–H and O–H groups in total. The molecule has 0 radical (unpaired) electrons. The van der Waals surface area contributed by atoms with Gasteiger partial charge in [-0.2, -0.15) is 0 Å². The van der Waals surface area contributed by atoms with Crippen molar-refractivity contribution >= 4 is 11.3 Å². The average Bonchev–Trinajstić information content (AvgIpc) is 2.85. The Bertz CT molecular complexity index is 473. The van der Waals surface area contributed by atoms with E-state index in [-0.39, 0.29) is 0 Å². The van der Waals surface area contributed by atoms with Gasteiger partial charge in [0.1, 0.15) is 0 Å². The summed E-state index contributed by atoms with van der Waals surface area (Å²) < 4.78 is 0. The number of nitrogens with one attached hydrogen (secondary N) is 1. The molecule has 1 aromatic carbocycles. The fraction of sp³-hybridized carbons (Fsp3) is 0.333. The van der Waals surface area contributed by atoms with Crippen LogP contribution in [0.2, 0.25) is 0 Å². The predicted molar refractivity (Wildman–Crippen MR) is 76.5 cm³/mol. The fourth-order valence-corrected chi connectivity index (χ4v) is 2.97. The van der Waals surface area contributed by atoms with Crippen LogP contribution in [-0.4, -0.2) is 6.54 Å². The molecular weight excluding hydrogens is 226 g/mol. The molecule has 2 rings (SSSR count). The lowest BCUT2D eigenvalue weighted by atomic mass is 10.0. The van der Waals surface area contributed by atoms with Crippen LogP contribution in [0, 0.1) is 0 Å². The standard InChI is InChI=1S/C15H19NS/c1-3-12-7-5-6-8-14(12)15-10-9-13(17-15)11-16-4-2/h5-10,16H,3-4,11H2,1-2H3. The third-order valence-corrected chi connectivity index (χ3v) is 3.99. The van der Waals surface area contributed by atoms with Crippen LogP contribution in [0.15, 0.2) is 36.4 Å². The first kappa shape index (κ1) is 12.3. The molecule has 0 saturated carbocycles. The van der Waals surface area contributed by atoms with E-state index in [1.165, 1.54) is 20.9 Å². The van der Waals surface area contributed by atoms with Gasteiger partial charge in [-0.1, -0.05) is 38.1 Å². The molecule has 1 heterocycles. The molecule has 0 aliphatic carbocycles. The van der Waals surface area contributed by atoms with Crippen molar-refractivity contribution in [2.45, 2.75) is 26.8 Å². The first-order valence-electron chi connectivity index (χ1n) is 6.22. The number of thiophene rings is 1. The number of hydrogen-bond acceptors (Lipinski definition) is 2. The molecule has 17 heavy (non-hydrogen) atoms. The predicted octanol–water partition coefficient (Wildman–Crippen LogP) is 4.09. The smallest absolute Gasteiger partial charge is 0.0348 e. The second-order valence-corrected chi connectivity index (χ2v) is 5.23. The van der Waals surface area contributed by atoms with Crippen LogP contribution in [0.25, 0.3) is 10.4 Å². The topological polar surface area (TPSA) is 12.0 Å².